The molecule has 0 bridgehead atoms. The molecule has 104 valence electrons. The first-order chi connectivity index (χ1) is 9.13. The maximum absolute atomic E-state index is 11.3. The summed E-state index contributed by atoms with van der Waals surface area (Å²) in [4.78, 5) is 21.7. The summed E-state index contributed by atoms with van der Waals surface area (Å²) in [6.45, 7) is 1.32. The van der Waals surface area contributed by atoms with Crippen LogP contribution in [0, 0.1) is 0 Å². The van der Waals surface area contributed by atoms with Crippen LogP contribution in [0.1, 0.15) is 25.7 Å². The lowest BCUT2D eigenvalue weighted by Crippen LogP contribution is -2.49. The van der Waals surface area contributed by atoms with Crippen LogP contribution in [0.25, 0.3) is 0 Å². The van der Waals surface area contributed by atoms with Crippen molar-refractivity contribution in [2.24, 2.45) is 0 Å². The topological polar surface area (TPSA) is 78.4 Å². The van der Waals surface area contributed by atoms with E-state index in [0.717, 1.165) is 13.0 Å². The number of carbonyl (C=O) groups is 1. The van der Waals surface area contributed by atoms with Crippen molar-refractivity contribution in [2.75, 3.05) is 25.0 Å². The summed E-state index contributed by atoms with van der Waals surface area (Å²) in [6, 6.07) is 1.77. The molecular formula is C13H20N4O2. The summed E-state index contributed by atoms with van der Waals surface area (Å²) in [7, 11) is 1.61. The van der Waals surface area contributed by atoms with Gasteiger partial charge in [0.15, 0.2) is 0 Å². The molecule has 1 aliphatic rings. The van der Waals surface area contributed by atoms with Gasteiger partial charge < -0.3 is 15.3 Å². The lowest BCUT2D eigenvalue weighted by molar-refractivity contribution is -0.122. The Bertz CT molecular complexity index is 426. The molecule has 0 aromatic carbocycles. The number of rotatable bonds is 4. The first kappa shape index (κ1) is 13.7. The van der Waals surface area contributed by atoms with Crippen LogP contribution in [0.5, 0.6) is 0 Å². The number of hydrogen-bond donors (Lipinski definition) is 2. The van der Waals surface area contributed by atoms with Gasteiger partial charge in [0.05, 0.1) is 5.60 Å². The molecule has 6 nitrogen and oxygen atoms in total. The van der Waals surface area contributed by atoms with E-state index in [0.29, 0.717) is 31.8 Å². The number of carbonyl (C=O) groups excluding carboxylic acids is 1. The van der Waals surface area contributed by atoms with Crippen LogP contribution in [0.3, 0.4) is 0 Å². The summed E-state index contributed by atoms with van der Waals surface area (Å²) in [5.74, 6) is 0.599. The quantitative estimate of drug-likeness (QED) is 0.819. The molecular weight excluding hydrogens is 244 g/mol. The van der Waals surface area contributed by atoms with Crippen molar-refractivity contribution >= 4 is 11.9 Å². The minimum atomic E-state index is -0.829. The minimum Gasteiger partial charge on any atom is -0.388 e. The van der Waals surface area contributed by atoms with Gasteiger partial charge in [-0.25, -0.2) is 9.97 Å². The van der Waals surface area contributed by atoms with Crippen molar-refractivity contribution in [1.29, 1.82) is 0 Å². The van der Waals surface area contributed by atoms with E-state index in [1.54, 1.807) is 25.5 Å². The molecule has 2 N–H and O–H groups in total. The molecule has 0 spiro atoms. The summed E-state index contributed by atoms with van der Waals surface area (Å²) < 4.78 is 0. The van der Waals surface area contributed by atoms with Gasteiger partial charge in [0.2, 0.25) is 11.9 Å². The SMILES string of the molecule is CNC(=O)CC[C@@]1(O)CCCN(c2ncccn2)C1. The molecule has 1 aromatic heterocycles. The first-order valence-corrected chi connectivity index (χ1v) is 6.58. The van der Waals surface area contributed by atoms with E-state index in [9.17, 15) is 9.90 Å². The summed E-state index contributed by atoms with van der Waals surface area (Å²) >= 11 is 0. The Balaban J connectivity index is 1.98. The lowest BCUT2D eigenvalue weighted by Gasteiger charge is -2.39. The zero-order chi connectivity index (χ0) is 13.7. The van der Waals surface area contributed by atoms with Gasteiger partial charge in [-0.15, -0.1) is 0 Å². The zero-order valence-electron chi connectivity index (χ0n) is 11.2. The molecule has 1 amide bonds. The van der Waals surface area contributed by atoms with Gasteiger partial charge >= 0.3 is 0 Å². The molecule has 19 heavy (non-hydrogen) atoms. The van der Waals surface area contributed by atoms with Crippen molar-refractivity contribution in [1.82, 2.24) is 15.3 Å². The molecule has 1 aromatic rings. The van der Waals surface area contributed by atoms with Gasteiger partial charge in [-0.3, -0.25) is 4.79 Å². The number of β-amino-alcohol motifs (C(OH)–C–C–N with tert-alkyl or cyclic N) is 1. The van der Waals surface area contributed by atoms with E-state index in [4.69, 9.17) is 0 Å². The standard InChI is InChI=1S/C13H20N4O2/c1-14-11(18)4-6-13(19)5-2-9-17(10-13)12-15-7-3-8-16-12/h3,7-8,19H,2,4-6,9-10H2,1H3,(H,14,18)/t13-/m0/s1. The van der Waals surface area contributed by atoms with E-state index in [2.05, 4.69) is 15.3 Å². The fourth-order valence-corrected chi connectivity index (χ4v) is 2.41. The second-order valence-electron chi connectivity index (χ2n) is 4.97. The van der Waals surface area contributed by atoms with Crippen LogP contribution in [0.15, 0.2) is 18.5 Å². The van der Waals surface area contributed by atoms with Crippen molar-refractivity contribution < 1.29 is 9.90 Å². The monoisotopic (exact) mass is 264 g/mol. The average molecular weight is 264 g/mol. The smallest absolute Gasteiger partial charge is 0.225 e. The zero-order valence-corrected chi connectivity index (χ0v) is 11.2. The highest BCUT2D eigenvalue weighted by Crippen LogP contribution is 2.27. The molecule has 0 unspecified atom stereocenters. The number of piperidine rings is 1. The number of anilines is 1. The van der Waals surface area contributed by atoms with E-state index in [1.807, 2.05) is 4.90 Å². The molecule has 0 saturated carbocycles. The number of aliphatic hydroxyl groups is 1. The van der Waals surface area contributed by atoms with Gasteiger partial charge in [-0.2, -0.15) is 0 Å². The van der Waals surface area contributed by atoms with Gasteiger partial charge in [0.1, 0.15) is 0 Å². The highest BCUT2D eigenvalue weighted by atomic mass is 16.3. The first-order valence-electron chi connectivity index (χ1n) is 6.58. The Morgan fingerprint density at radius 3 is 2.95 bits per heavy atom. The Labute approximate surface area is 112 Å². The lowest BCUT2D eigenvalue weighted by atomic mass is 9.88. The second kappa shape index (κ2) is 5.97. The maximum atomic E-state index is 11.3. The molecule has 1 aliphatic heterocycles. The van der Waals surface area contributed by atoms with Gasteiger partial charge in [0, 0.05) is 39.0 Å². The predicted molar refractivity (Wildman–Crippen MR) is 71.7 cm³/mol. The highest BCUT2D eigenvalue weighted by Gasteiger charge is 2.34. The third-order valence-electron chi connectivity index (χ3n) is 3.49. The molecule has 1 atom stereocenters. The minimum absolute atomic E-state index is 0.0403. The van der Waals surface area contributed by atoms with Crippen molar-refractivity contribution in [3.8, 4) is 0 Å². The van der Waals surface area contributed by atoms with Crippen LogP contribution >= 0.6 is 0 Å². The normalized spacial score (nSPS) is 23.2. The molecule has 6 heteroatoms. The van der Waals surface area contributed by atoms with Crippen LogP contribution in [0.4, 0.5) is 5.95 Å². The largest absolute Gasteiger partial charge is 0.388 e. The third-order valence-corrected chi connectivity index (χ3v) is 3.49. The number of nitrogens with zero attached hydrogens (tertiary/aromatic N) is 3. The fourth-order valence-electron chi connectivity index (χ4n) is 2.41. The predicted octanol–water partition coefficient (Wildman–Crippen LogP) is 0.334. The molecule has 2 rings (SSSR count). The van der Waals surface area contributed by atoms with E-state index < -0.39 is 5.60 Å². The second-order valence-corrected chi connectivity index (χ2v) is 4.97. The van der Waals surface area contributed by atoms with Gasteiger partial charge in [0.25, 0.3) is 0 Å². The van der Waals surface area contributed by atoms with Crippen molar-refractivity contribution in [3.05, 3.63) is 18.5 Å². The van der Waals surface area contributed by atoms with Crippen LogP contribution in [-0.2, 0) is 4.79 Å². The van der Waals surface area contributed by atoms with Crippen LogP contribution in [-0.4, -0.2) is 46.7 Å². The third kappa shape index (κ3) is 3.64. The Morgan fingerprint density at radius 1 is 1.53 bits per heavy atom. The Kier molecular flexibility index (Phi) is 4.31. The van der Waals surface area contributed by atoms with Crippen molar-refractivity contribution in [3.63, 3.8) is 0 Å². The molecule has 0 radical (unpaired) electrons. The highest BCUT2D eigenvalue weighted by molar-refractivity contribution is 5.75. The van der Waals surface area contributed by atoms with E-state index >= 15 is 0 Å². The molecule has 2 heterocycles. The van der Waals surface area contributed by atoms with Gasteiger partial charge in [-0.05, 0) is 25.3 Å². The number of amides is 1. The molecule has 0 aliphatic carbocycles. The van der Waals surface area contributed by atoms with E-state index in [1.165, 1.54) is 0 Å². The summed E-state index contributed by atoms with van der Waals surface area (Å²) in [5, 5.41) is 13.1. The van der Waals surface area contributed by atoms with E-state index in [-0.39, 0.29) is 5.91 Å². The molecule has 1 saturated heterocycles. The summed E-state index contributed by atoms with van der Waals surface area (Å²) in [6.07, 6.45) is 5.80. The van der Waals surface area contributed by atoms with Crippen LogP contribution in [0.2, 0.25) is 0 Å². The van der Waals surface area contributed by atoms with Crippen molar-refractivity contribution in [2.45, 2.75) is 31.3 Å². The Hall–Kier alpha value is -1.69. The maximum Gasteiger partial charge on any atom is 0.225 e. The molecule has 1 fully saturated rings. The number of aromatic nitrogens is 2. The summed E-state index contributed by atoms with van der Waals surface area (Å²) in [5.41, 5.74) is -0.829. The Morgan fingerprint density at radius 2 is 2.26 bits per heavy atom. The number of nitrogens with one attached hydrogen (secondary N) is 1. The number of hydrogen-bond acceptors (Lipinski definition) is 5. The van der Waals surface area contributed by atoms with Crippen LogP contribution < -0.4 is 10.2 Å². The van der Waals surface area contributed by atoms with Gasteiger partial charge in [-0.1, -0.05) is 0 Å². The average Bonchev–Trinajstić information content (AvgIpc) is 2.46. The fraction of sp³-hybridized carbons (Fsp3) is 0.615.